The lowest BCUT2D eigenvalue weighted by atomic mass is 10.0. The monoisotopic (exact) mass is 275 g/mol. The van der Waals surface area contributed by atoms with Crippen molar-refractivity contribution in [2.24, 2.45) is 0 Å². The maximum atomic E-state index is 6.09. The highest BCUT2D eigenvalue weighted by Crippen LogP contribution is 2.22. The normalized spacial score (nSPS) is 10.7. The van der Waals surface area contributed by atoms with Crippen LogP contribution < -0.4 is 10.5 Å². The third-order valence-corrected chi connectivity index (χ3v) is 3.38. The lowest BCUT2D eigenvalue weighted by Crippen LogP contribution is -1.98. The molecule has 2 rings (SSSR count). The third-order valence-electron chi connectivity index (χ3n) is 3.01. The Hall–Kier alpha value is -1.67. The Morgan fingerprint density at radius 1 is 1.11 bits per heavy atom. The summed E-state index contributed by atoms with van der Waals surface area (Å²) in [4.78, 5) is 0. The average molecular weight is 276 g/mol. The maximum Gasteiger partial charge on any atom is 0.119 e. The average Bonchev–Trinajstić information content (AvgIpc) is 2.40. The first-order valence-corrected chi connectivity index (χ1v) is 6.70. The second-order valence-electron chi connectivity index (χ2n) is 4.86. The van der Waals surface area contributed by atoms with Crippen LogP contribution in [0.25, 0.3) is 0 Å². The van der Waals surface area contributed by atoms with Crippen molar-refractivity contribution in [3.63, 3.8) is 0 Å². The summed E-state index contributed by atoms with van der Waals surface area (Å²) in [6, 6.07) is 13.5. The van der Waals surface area contributed by atoms with E-state index < -0.39 is 0 Å². The minimum absolute atomic E-state index is 0.422. The van der Waals surface area contributed by atoms with Crippen LogP contribution in [0.5, 0.6) is 5.75 Å². The maximum absolute atomic E-state index is 6.09. The van der Waals surface area contributed by atoms with Gasteiger partial charge in [-0.1, -0.05) is 37.6 Å². The fourth-order valence-corrected chi connectivity index (χ4v) is 1.99. The van der Waals surface area contributed by atoms with Crippen molar-refractivity contribution in [3.05, 3.63) is 58.6 Å². The fourth-order valence-electron chi connectivity index (χ4n) is 1.82. The van der Waals surface area contributed by atoms with Crippen molar-refractivity contribution in [1.82, 2.24) is 0 Å². The van der Waals surface area contributed by atoms with E-state index in [4.69, 9.17) is 22.1 Å². The number of halogens is 1. The number of nitrogens with two attached hydrogens (primary N) is 1. The van der Waals surface area contributed by atoms with Crippen LogP contribution in [-0.2, 0) is 6.61 Å². The van der Waals surface area contributed by atoms with Gasteiger partial charge < -0.3 is 10.5 Å². The molecule has 3 heteroatoms. The fraction of sp³-hybridized carbons (Fsp3) is 0.250. The van der Waals surface area contributed by atoms with Crippen LogP contribution in [-0.4, -0.2) is 0 Å². The van der Waals surface area contributed by atoms with Gasteiger partial charge in [-0.25, -0.2) is 0 Å². The van der Waals surface area contributed by atoms with Gasteiger partial charge in [0.25, 0.3) is 0 Å². The summed E-state index contributed by atoms with van der Waals surface area (Å²) in [6.07, 6.45) is 0. The summed E-state index contributed by atoms with van der Waals surface area (Å²) >= 11 is 6.09. The predicted molar refractivity (Wildman–Crippen MR) is 80.7 cm³/mol. The molecular weight excluding hydrogens is 258 g/mol. The second-order valence-corrected chi connectivity index (χ2v) is 5.27. The molecule has 0 aromatic heterocycles. The summed E-state index contributed by atoms with van der Waals surface area (Å²) in [6.45, 7) is 4.76. The predicted octanol–water partition coefficient (Wildman–Crippen LogP) is 4.62. The number of ether oxygens (including phenoxy) is 1. The summed E-state index contributed by atoms with van der Waals surface area (Å²) < 4.78 is 5.72. The highest BCUT2D eigenvalue weighted by Gasteiger charge is 2.03. The van der Waals surface area contributed by atoms with Gasteiger partial charge in [-0.3, -0.25) is 0 Å². The van der Waals surface area contributed by atoms with Crippen LogP contribution in [0.1, 0.15) is 30.9 Å². The first kappa shape index (κ1) is 13.8. The summed E-state index contributed by atoms with van der Waals surface area (Å²) in [7, 11) is 0. The minimum Gasteiger partial charge on any atom is -0.489 e. The van der Waals surface area contributed by atoms with Crippen LogP contribution in [0.2, 0.25) is 5.02 Å². The molecule has 2 nitrogen and oxygen atoms in total. The molecule has 0 heterocycles. The second kappa shape index (κ2) is 5.98. The molecule has 0 saturated carbocycles. The standard InChI is InChI=1S/C16H18ClNO/c1-11(2)12-3-6-15(7-4-12)19-10-13-9-14(18)5-8-16(13)17/h3-9,11H,10,18H2,1-2H3. The molecule has 0 unspecified atom stereocenters. The molecule has 0 fully saturated rings. The molecule has 0 atom stereocenters. The molecule has 0 saturated heterocycles. The first-order chi connectivity index (χ1) is 9.06. The molecule has 100 valence electrons. The Kier molecular flexibility index (Phi) is 4.33. The van der Waals surface area contributed by atoms with Crippen LogP contribution in [0, 0.1) is 0 Å². The third kappa shape index (κ3) is 3.65. The van der Waals surface area contributed by atoms with Crippen molar-refractivity contribution < 1.29 is 4.74 Å². The minimum atomic E-state index is 0.422. The van der Waals surface area contributed by atoms with Crippen LogP contribution in [0.3, 0.4) is 0 Å². The largest absolute Gasteiger partial charge is 0.489 e. The Morgan fingerprint density at radius 3 is 2.42 bits per heavy atom. The molecule has 0 bridgehead atoms. The lowest BCUT2D eigenvalue weighted by Gasteiger charge is -2.10. The zero-order chi connectivity index (χ0) is 13.8. The molecule has 0 radical (unpaired) electrons. The topological polar surface area (TPSA) is 35.2 Å². The molecular formula is C16H18ClNO. The molecule has 0 aliphatic carbocycles. The molecule has 0 aliphatic rings. The molecule has 2 aromatic carbocycles. The summed E-state index contributed by atoms with van der Waals surface area (Å²) in [5, 5.41) is 0.674. The van der Waals surface area contributed by atoms with E-state index in [-0.39, 0.29) is 0 Å². The Morgan fingerprint density at radius 2 is 1.79 bits per heavy atom. The van der Waals surface area contributed by atoms with Gasteiger partial charge in [0.2, 0.25) is 0 Å². The van der Waals surface area contributed by atoms with Gasteiger partial charge in [0.15, 0.2) is 0 Å². The van der Waals surface area contributed by atoms with E-state index in [1.165, 1.54) is 5.56 Å². The van der Waals surface area contributed by atoms with E-state index in [1.54, 1.807) is 12.1 Å². The molecule has 19 heavy (non-hydrogen) atoms. The Bertz CT molecular complexity index is 549. The molecule has 2 N–H and O–H groups in total. The van der Waals surface area contributed by atoms with Crippen LogP contribution in [0.4, 0.5) is 5.69 Å². The van der Waals surface area contributed by atoms with Crippen molar-refractivity contribution in [2.45, 2.75) is 26.4 Å². The smallest absolute Gasteiger partial charge is 0.119 e. The number of anilines is 1. The van der Waals surface area contributed by atoms with Gasteiger partial charge in [0.1, 0.15) is 12.4 Å². The van der Waals surface area contributed by atoms with Gasteiger partial charge in [-0.2, -0.15) is 0 Å². The number of rotatable bonds is 4. The van der Waals surface area contributed by atoms with Crippen molar-refractivity contribution >= 4 is 17.3 Å². The SMILES string of the molecule is CC(C)c1ccc(OCc2cc(N)ccc2Cl)cc1. The van der Waals surface area contributed by atoms with Crippen molar-refractivity contribution in [2.75, 3.05) is 5.73 Å². The number of nitrogen functional groups attached to an aromatic ring is 1. The van der Waals surface area contributed by atoms with Crippen LogP contribution >= 0.6 is 11.6 Å². The van der Waals surface area contributed by atoms with Gasteiger partial charge in [-0.05, 0) is 41.8 Å². The zero-order valence-electron chi connectivity index (χ0n) is 11.2. The van der Waals surface area contributed by atoms with Gasteiger partial charge in [0, 0.05) is 16.3 Å². The Balaban J connectivity index is 2.04. The number of benzene rings is 2. The van der Waals surface area contributed by atoms with Crippen LogP contribution in [0.15, 0.2) is 42.5 Å². The zero-order valence-corrected chi connectivity index (χ0v) is 11.9. The van der Waals surface area contributed by atoms with Crippen molar-refractivity contribution in [1.29, 1.82) is 0 Å². The van der Waals surface area contributed by atoms with Gasteiger partial charge in [0.05, 0.1) is 0 Å². The van der Waals surface area contributed by atoms with E-state index in [0.717, 1.165) is 11.3 Å². The van der Waals surface area contributed by atoms with Gasteiger partial charge >= 0.3 is 0 Å². The summed E-state index contributed by atoms with van der Waals surface area (Å²) in [5.74, 6) is 1.36. The van der Waals surface area contributed by atoms with Crippen molar-refractivity contribution in [3.8, 4) is 5.75 Å². The number of hydrogen-bond donors (Lipinski definition) is 1. The first-order valence-electron chi connectivity index (χ1n) is 6.33. The highest BCUT2D eigenvalue weighted by molar-refractivity contribution is 6.31. The Labute approximate surface area is 119 Å². The molecule has 0 aliphatic heterocycles. The summed E-state index contributed by atoms with van der Waals surface area (Å²) in [5.41, 5.74) is 8.63. The van der Waals surface area contributed by atoms with E-state index in [1.807, 2.05) is 18.2 Å². The highest BCUT2D eigenvalue weighted by atomic mass is 35.5. The van der Waals surface area contributed by atoms with Gasteiger partial charge in [-0.15, -0.1) is 0 Å². The lowest BCUT2D eigenvalue weighted by molar-refractivity contribution is 0.306. The molecule has 2 aromatic rings. The molecule has 0 spiro atoms. The number of hydrogen-bond acceptors (Lipinski definition) is 2. The quantitative estimate of drug-likeness (QED) is 0.826. The van der Waals surface area contributed by atoms with E-state index in [0.29, 0.717) is 23.2 Å². The molecule has 0 amide bonds. The van der Waals surface area contributed by atoms with E-state index >= 15 is 0 Å². The van der Waals surface area contributed by atoms with E-state index in [9.17, 15) is 0 Å². The van der Waals surface area contributed by atoms with E-state index in [2.05, 4.69) is 26.0 Å².